The summed E-state index contributed by atoms with van der Waals surface area (Å²) in [6.07, 6.45) is 0. The van der Waals surface area contributed by atoms with Gasteiger partial charge < -0.3 is 5.32 Å². The molecule has 0 aliphatic heterocycles. The lowest BCUT2D eigenvalue weighted by molar-refractivity contribution is 0.0939. The highest BCUT2D eigenvalue weighted by molar-refractivity contribution is 7.89. The van der Waals surface area contributed by atoms with Gasteiger partial charge in [0, 0.05) is 19.6 Å². The lowest BCUT2D eigenvalue weighted by Gasteiger charge is -2.23. The van der Waals surface area contributed by atoms with Crippen LogP contribution in [0.15, 0.2) is 23.1 Å². The molecule has 0 radical (unpaired) electrons. The maximum absolute atomic E-state index is 13.9. The molecule has 10 heteroatoms. The maximum atomic E-state index is 13.9. The van der Waals surface area contributed by atoms with Gasteiger partial charge in [-0.1, -0.05) is 0 Å². The van der Waals surface area contributed by atoms with Crippen molar-refractivity contribution in [1.29, 1.82) is 0 Å². The highest BCUT2D eigenvalue weighted by atomic mass is 32.2. The Morgan fingerprint density at radius 3 is 2.29 bits per heavy atom. The molecule has 0 aliphatic rings. The van der Waals surface area contributed by atoms with Gasteiger partial charge in [-0.3, -0.25) is 15.6 Å². The highest BCUT2D eigenvalue weighted by Gasteiger charge is 2.21. The molecule has 0 fully saturated rings. The van der Waals surface area contributed by atoms with Crippen LogP contribution in [0, 0.1) is 5.82 Å². The van der Waals surface area contributed by atoms with Crippen molar-refractivity contribution in [3.8, 4) is 0 Å². The molecule has 7 nitrogen and oxygen atoms in total. The van der Waals surface area contributed by atoms with Gasteiger partial charge in [0.25, 0.3) is 5.91 Å². The van der Waals surface area contributed by atoms with Crippen molar-refractivity contribution in [3.05, 3.63) is 29.6 Å². The summed E-state index contributed by atoms with van der Waals surface area (Å²) < 4.78 is 39.0. The number of thiocarbonyl (C=S) groups is 1. The number of sulfonamides is 1. The predicted octanol–water partition coefficient (Wildman–Crippen LogP) is 0.983. The Bertz CT molecular complexity index is 743. The van der Waals surface area contributed by atoms with Crippen molar-refractivity contribution in [1.82, 2.24) is 20.5 Å². The van der Waals surface area contributed by atoms with E-state index in [-0.39, 0.29) is 15.5 Å². The fourth-order valence-electron chi connectivity index (χ4n) is 1.60. The van der Waals surface area contributed by atoms with Crippen LogP contribution in [0.5, 0.6) is 0 Å². The largest absolute Gasteiger partial charge is 0.357 e. The normalized spacial score (nSPS) is 12.0. The molecule has 1 aromatic rings. The lowest BCUT2D eigenvalue weighted by Crippen LogP contribution is -2.52. The van der Waals surface area contributed by atoms with Crippen LogP contribution in [-0.2, 0) is 10.0 Å². The van der Waals surface area contributed by atoms with Crippen LogP contribution in [-0.4, -0.2) is 43.4 Å². The maximum Gasteiger partial charge on any atom is 0.272 e. The molecule has 0 heterocycles. The molecular formula is C14H21FN4O3S2. The fourth-order valence-corrected chi connectivity index (χ4v) is 2.89. The van der Waals surface area contributed by atoms with E-state index >= 15 is 0 Å². The molecule has 0 unspecified atom stereocenters. The molecule has 134 valence electrons. The molecule has 1 amide bonds. The average molecular weight is 376 g/mol. The standard InChI is InChI=1S/C14H21FN4O3S2/c1-14(2,3)16-13(23)18-17-12(20)10-8-9(6-7-11(10)15)24(21,22)19(4)5/h6-8H,1-5H3,(H,17,20)(H2,16,18,23). The zero-order valence-corrected chi connectivity index (χ0v) is 15.7. The molecule has 0 atom stereocenters. The average Bonchev–Trinajstić information content (AvgIpc) is 2.43. The van der Waals surface area contributed by atoms with Gasteiger partial charge in [0.1, 0.15) is 5.82 Å². The fraction of sp³-hybridized carbons (Fsp3) is 0.429. The third-order valence-electron chi connectivity index (χ3n) is 2.74. The van der Waals surface area contributed by atoms with Crippen LogP contribution in [0.2, 0.25) is 0 Å². The second kappa shape index (κ2) is 7.41. The Morgan fingerprint density at radius 2 is 1.79 bits per heavy atom. The Hall–Kier alpha value is -1.78. The van der Waals surface area contributed by atoms with Crippen LogP contribution < -0.4 is 16.2 Å². The molecular weight excluding hydrogens is 355 g/mol. The van der Waals surface area contributed by atoms with E-state index in [1.165, 1.54) is 14.1 Å². The van der Waals surface area contributed by atoms with Crippen molar-refractivity contribution in [3.63, 3.8) is 0 Å². The number of carbonyl (C=O) groups excluding carboxylic acids is 1. The van der Waals surface area contributed by atoms with Gasteiger partial charge in [-0.15, -0.1) is 0 Å². The summed E-state index contributed by atoms with van der Waals surface area (Å²) in [4.78, 5) is 11.9. The molecule has 0 saturated heterocycles. The van der Waals surface area contributed by atoms with Gasteiger partial charge in [-0.25, -0.2) is 17.1 Å². The number of hydrogen-bond donors (Lipinski definition) is 3. The molecule has 1 aromatic carbocycles. The van der Waals surface area contributed by atoms with E-state index in [0.717, 1.165) is 22.5 Å². The van der Waals surface area contributed by atoms with Crippen LogP contribution in [0.25, 0.3) is 0 Å². The first-order valence-corrected chi connectivity index (χ1v) is 8.80. The van der Waals surface area contributed by atoms with Gasteiger partial charge in [-0.2, -0.15) is 0 Å². The number of rotatable bonds is 3. The lowest BCUT2D eigenvalue weighted by atomic mass is 10.1. The number of benzene rings is 1. The van der Waals surface area contributed by atoms with E-state index in [9.17, 15) is 17.6 Å². The Morgan fingerprint density at radius 1 is 1.21 bits per heavy atom. The van der Waals surface area contributed by atoms with Crippen LogP contribution in [0.1, 0.15) is 31.1 Å². The molecule has 0 bridgehead atoms. The van der Waals surface area contributed by atoms with Crippen LogP contribution in [0.4, 0.5) is 4.39 Å². The van der Waals surface area contributed by atoms with Gasteiger partial charge in [0.15, 0.2) is 5.11 Å². The Kier molecular flexibility index (Phi) is 6.26. The van der Waals surface area contributed by atoms with Crippen LogP contribution >= 0.6 is 12.2 Å². The van der Waals surface area contributed by atoms with Gasteiger partial charge in [0.2, 0.25) is 10.0 Å². The van der Waals surface area contributed by atoms with E-state index in [4.69, 9.17) is 12.2 Å². The zero-order valence-electron chi connectivity index (χ0n) is 14.1. The molecule has 0 spiro atoms. The minimum atomic E-state index is -3.78. The Labute approximate surface area is 146 Å². The topological polar surface area (TPSA) is 90.5 Å². The van der Waals surface area contributed by atoms with Gasteiger partial charge in [-0.05, 0) is 51.2 Å². The summed E-state index contributed by atoms with van der Waals surface area (Å²) >= 11 is 4.99. The second-order valence-electron chi connectivity index (χ2n) is 6.21. The first-order chi connectivity index (χ1) is 10.8. The Balaban J connectivity index is 2.94. The molecule has 24 heavy (non-hydrogen) atoms. The van der Waals surface area contributed by atoms with Crippen molar-refractivity contribution >= 4 is 33.3 Å². The van der Waals surface area contributed by atoms with Crippen LogP contribution in [0.3, 0.4) is 0 Å². The second-order valence-corrected chi connectivity index (χ2v) is 8.77. The summed E-state index contributed by atoms with van der Waals surface area (Å²) in [5.74, 6) is -1.69. The minimum Gasteiger partial charge on any atom is -0.357 e. The monoisotopic (exact) mass is 376 g/mol. The summed E-state index contributed by atoms with van der Waals surface area (Å²) in [7, 11) is -1.09. The molecule has 0 saturated carbocycles. The van der Waals surface area contributed by atoms with Crippen molar-refractivity contribution < 1.29 is 17.6 Å². The van der Waals surface area contributed by atoms with E-state index in [1.807, 2.05) is 20.8 Å². The molecule has 0 aliphatic carbocycles. The SMILES string of the molecule is CN(C)S(=O)(=O)c1ccc(F)c(C(=O)NNC(=S)NC(C)(C)C)c1. The van der Waals surface area contributed by atoms with E-state index in [1.54, 1.807) is 0 Å². The van der Waals surface area contributed by atoms with E-state index in [2.05, 4.69) is 16.2 Å². The molecule has 0 aromatic heterocycles. The van der Waals surface area contributed by atoms with Gasteiger partial charge >= 0.3 is 0 Å². The number of nitrogens with zero attached hydrogens (tertiary/aromatic N) is 1. The van der Waals surface area contributed by atoms with Crippen molar-refractivity contribution in [2.75, 3.05) is 14.1 Å². The number of hydrogen-bond acceptors (Lipinski definition) is 4. The number of halogens is 1. The summed E-state index contributed by atoms with van der Waals surface area (Å²) in [5, 5.41) is 3.05. The van der Waals surface area contributed by atoms with E-state index in [0.29, 0.717) is 0 Å². The van der Waals surface area contributed by atoms with Gasteiger partial charge in [0.05, 0.1) is 10.5 Å². The minimum absolute atomic E-state index is 0.147. The smallest absolute Gasteiger partial charge is 0.272 e. The third-order valence-corrected chi connectivity index (χ3v) is 4.75. The summed E-state index contributed by atoms with van der Waals surface area (Å²) in [5.41, 5.74) is 3.94. The van der Waals surface area contributed by atoms with Crippen molar-refractivity contribution in [2.24, 2.45) is 0 Å². The first-order valence-electron chi connectivity index (χ1n) is 6.95. The third kappa shape index (κ3) is 5.39. The zero-order chi connectivity index (χ0) is 18.7. The summed E-state index contributed by atoms with van der Waals surface area (Å²) in [6.45, 7) is 5.62. The quantitative estimate of drug-likeness (QED) is 0.538. The number of carbonyl (C=O) groups is 1. The predicted molar refractivity (Wildman–Crippen MR) is 93.4 cm³/mol. The first kappa shape index (κ1) is 20.3. The van der Waals surface area contributed by atoms with E-state index < -0.39 is 27.3 Å². The number of hydrazine groups is 1. The highest BCUT2D eigenvalue weighted by Crippen LogP contribution is 2.17. The number of amides is 1. The number of nitrogens with one attached hydrogen (secondary N) is 3. The summed E-state index contributed by atoms with van der Waals surface area (Å²) in [6, 6.07) is 3.00. The molecule has 3 N–H and O–H groups in total. The van der Waals surface area contributed by atoms with Crippen molar-refractivity contribution in [2.45, 2.75) is 31.2 Å². The molecule has 1 rings (SSSR count).